The summed E-state index contributed by atoms with van der Waals surface area (Å²) in [7, 11) is 0. The van der Waals surface area contributed by atoms with Gasteiger partial charge in [0.1, 0.15) is 36.6 Å². The van der Waals surface area contributed by atoms with Crippen LogP contribution in [0.15, 0.2) is 47.6 Å². The molecule has 1 aromatic rings. The molecule has 7 atom stereocenters. The molecule has 0 saturated carbocycles. The van der Waals surface area contributed by atoms with Gasteiger partial charge in [-0.1, -0.05) is 55.6 Å². The molecule has 0 radical (unpaired) electrons. The minimum absolute atomic E-state index is 0.323. The molecule has 11 nitrogen and oxygen atoms in total. The van der Waals surface area contributed by atoms with Crippen molar-refractivity contribution >= 4 is 5.97 Å². The van der Waals surface area contributed by atoms with Crippen molar-refractivity contribution < 1.29 is 39.4 Å². The molecule has 1 saturated heterocycles. The molecule has 0 aromatic heterocycles. The maximum Gasteiger partial charge on any atom is 0.338 e. The van der Waals surface area contributed by atoms with Crippen LogP contribution in [-0.2, 0) is 14.2 Å². The second-order valence-electron chi connectivity index (χ2n) is 8.32. The lowest BCUT2D eigenvalue weighted by Gasteiger charge is -2.40. The van der Waals surface area contributed by atoms with Gasteiger partial charge >= 0.3 is 5.97 Å². The predicted octanol–water partition coefficient (Wildman–Crippen LogP) is 2.23. The first kappa shape index (κ1) is 28.7. The minimum atomic E-state index is -1.61. The van der Waals surface area contributed by atoms with Gasteiger partial charge in [0.25, 0.3) is 0 Å². The Kier molecular flexibility index (Phi) is 12.7. The Morgan fingerprint density at radius 3 is 2.57 bits per heavy atom. The van der Waals surface area contributed by atoms with Crippen LogP contribution in [0.4, 0.5) is 0 Å². The van der Waals surface area contributed by atoms with Crippen LogP contribution in [0.2, 0.25) is 0 Å². The maximum absolute atomic E-state index is 12.7. The van der Waals surface area contributed by atoms with E-state index >= 15 is 0 Å². The van der Waals surface area contributed by atoms with E-state index in [2.05, 4.69) is 16.9 Å². The average Bonchev–Trinajstić information content (AvgIpc) is 2.88. The summed E-state index contributed by atoms with van der Waals surface area (Å²) in [5, 5.41) is 43.1. The van der Waals surface area contributed by atoms with Crippen LogP contribution in [0.1, 0.15) is 49.4 Å². The van der Waals surface area contributed by atoms with Gasteiger partial charge in [0.15, 0.2) is 6.29 Å². The molecule has 0 amide bonds. The average molecular weight is 494 g/mol. The molecule has 1 aliphatic rings. The summed E-state index contributed by atoms with van der Waals surface area (Å²) >= 11 is 0. The molecule has 194 valence electrons. The van der Waals surface area contributed by atoms with Gasteiger partial charge in [-0.3, -0.25) is 0 Å². The summed E-state index contributed by atoms with van der Waals surface area (Å²) in [4.78, 5) is 15.5. The molecule has 11 heteroatoms. The largest absolute Gasteiger partial charge is 0.454 e. The Balaban J connectivity index is 2.13. The Hall–Kier alpha value is -2.50. The van der Waals surface area contributed by atoms with E-state index in [1.165, 1.54) is 0 Å². The van der Waals surface area contributed by atoms with Crippen molar-refractivity contribution in [3.05, 3.63) is 58.5 Å². The number of aliphatic hydroxyl groups is 4. The second-order valence-corrected chi connectivity index (χ2v) is 8.32. The summed E-state index contributed by atoms with van der Waals surface area (Å²) in [6.45, 7) is 1.18. The number of unbranched alkanes of at least 4 members (excludes halogenated alkanes) is 4. The van der Waals surface area contributed by atoms with Crippen LogP contribution < -0.4 is 0 Å². The van der Waals surface area contributed by atoms with Gasteiger partial charge < -0.3 is 34.6 Å². The Morgan fingerprint density at radius 2 is 1.91 bits per heavy atom. The quantitative estimate of drug-likeness (QED) is 0.0762. The molecule has 2 rings (SSSR count). The van der Waals surface area contributed by atoms with E-state index < -0.39 is 55.4 Å². The Morgan fingerprint density at radius 1 is 1.17 bits per heavy atom. The highest BCUT2D eigenvalue weighted by atomic mass is 16.7. The number of esters is 1. The number of azide groups is 1. The number of hydrogen-bond donors (Lipinski definition) is 4. The van der Waals surface area contributed by atoms with Gasteiger partial charge in [-0.05, 0) is 36.6 Å². The smallest absolute Gasteiger partial charge is 0.338 e. The fourth-order valence-electron chi connectivity index (χ4n) is 3.59. The van der Waals surface area contributed by atoms with E-state index in [0.717, 1.165) is 32.1 Å². The summed E-state index contributed by atoms with van der Waals surface area (Å²) in [6, 6.07) is 7.33. The maximum atomic E-state index is 12.7. The third-order valence-electron chi connectivity index (χ3n) is 5.66. The summed E-state index contributed by atoms with van der Waals surface area (Å²) in [5.41, 5.74) is 9.43. The number of benzene rings is 1. The number of aliphatic hydroxyl groups excluding tert-OH is 4. The number of ether oxygens (including phenoxy) is 3. The predicted molar refractivity (Wildman–Crippen MR) is 126 cm³/mol. The van der Waals surface area contributed by atoms with Gasteiger partial charge in [0, 0.05) is 4.91 Å². The Bertz CT molecular complexity index is 831. The van der Waals surface area contributed by atoms with Crippen LogP contribution in [0.25, 0.3) is 10.4 Å². The number of carbonyl (C=O) groups is 1. The lowest BCUT2D eigenvalue weighted by Crippen LogP contribution is -2.59. The van der Waals surface area contributed by atoms with Crippen molar-refractivity contribution in [1.82, 2.24) is 0 Å². The summed E-state index contributed by atoms with van der Waals surface area (Å²) in [5.74, 6) is -0.614. The number of allylic oxidation sites excluding steroid dienone is 1. The zero-order valence-electron chi connectivity index (χ0n) is 19.8. The van der Waals surface area contributed by atoms with E-state index in [-0.39, 0.29) is 6.61 Å². The molecular formula is C24H35N3O8. The molecule has 1 aromatic carbocycles. The van der Waals surface area contributed by atoms with Crippen molar-refractivity contribution in [2.45, 2.75) is 81.9 Å². The van der Waals surface area contributed by atoms with E-state index in [9.17, 15) is 25.2 Å². The molecule has 0 unspecified atom stereocenters. The van der Waals surface area contributed by atoms with Crippen molar-refractivity contribution in [3.8, 4) is 0 Å². The van der Waals surface area contributed by atoms with Crippen LogP contribution >= 0.6 is 0 Å². The standard InChI is InChI=1S/C24H35N3O8/c1-2-3-4-5-6-10-13-18(34-23(32)16-11-8-7-9-12-16)17(26-27-25)15-33-24-22(31)21(30)20(29)19(14-28)35-24/h7-13,17-22,24,28-31H,2-6,14-15H2,1H3/b13-10+/t17-,18+,19+,20-,21-,22+,24-/m0/s1. The lowest BCUT2D eigenvalue weighted by molar-refractivity contribution is -0.302. The second kappa shape index (κ2) is 15.5. The first-order chi connectivity index (χ1) is 16.9. The van der Waals surface area contributed by atoms with Gasteiger partial charge in [-0.25, -0.2) is 4.79 Å². The van der Waals surface area contributed by atoms with Gasteiger partial charge in [-0.15, -0.1) is 0 Å². The molecular weight excluding hydrogens is 458 g/mol. The molecule has 4 N–H and O–H groups in total. The molecule has 0 bridgehead atoms. The fraction of sp³-hybridized carbons (Fsp3) is 0.625. The first-order valence-corrected chi connectivity index (χ1v) is 11.8. The third kappa shape index (κ3) is 8.90. The minimum Gasteiger partial charge on any atom is -0.454 e. The molecule has 1 fully saturated rings. The van der Waals surface area contributed by atoms with Crippen molar-refractivity contribution in [2.24, 2.45) is 5.11 Å². The SMILES string of the molecule is CCCCCC/C=C/[C@@H](OC(=O)c1ccccc1)[C@H](CO[C@H]1O[C@H](CO)[C@H](O)[C@H](O)[C@H]1O)N=[N+]=[N-]. The third-order valence-corrected chi connectivity index (χ3v) is 5.66. The highest BCUT2D eigenvalue weighted by Gasteiger charge is 2.44. The zero-order chi connectivity index (χ0) is 25.6. The molecule has 35 heavy (non-hydrogen) atoms. The first-order valence-electron chi connectivity index (χ1n) is 11.8. The van der Waals surface area contributed by atoms with Crippen LogP contribution in [-0.4, -0.2) is 82.5 Å². The van der Waals surface area contributed by atoms with Crippen molar-refractivity contribution in [1.29, 1.82) is 0 Å². The summed E-state index contributed by atoms with van der Waals surface area (Å²) < 4.78 is 16.5. The lowest BCUT2D eigenvalue weighted by atomic mass is 9.99. The number of rotatable bonds is 14. The molecule has 0 spiro atoms. The monoisotopic (exact) mass is 493 g/mol. The van der Waals surface area contributed by atoms with Crippen LogP contribution in [0, 0.1) is 0 Å². The number of nitrogens with zero attached hydrogens (tertiary/aromatic N) is 3. The van der Waals surface area contributed by atoms with E-state index in [1.807, 2.05) is 6.08 Å². The summed E-state index contributed by atoms with van der Waals surface area (Å²) in [6.07, 6.45) is 0.197. The fourth-order valence-corrected chi connectivity index (χ4v) is 3.59. The zero-order valence-corrected chi connectivity index (χ0v) is 19.8. The van der Waals surface area contributed by atoms with Crippen LogP contribution in [0.3, 0.4) is 0 Å². The Labute approximate surface area is 204 Å². The highest BCUT2D eigenvalue weighted by Crippen LogP contribution is 2.23. The van der Waals surface area contributed by atoms with E-state index in [4.69, 9.17) is 19.7 Å². The number of carbonyl (C=O) groups excluding carboxylic acids is 1. The topological polar surface area (TPSA) is 174 Å². The van der Waals surface area contributed by atoms with Crippen molar-refractivity contribution in [3.63, 3.8) is 0 Å². The molecule has 1 aliphatic heterocycles. The number of hydrogen-bond acceptors (Lipinski definition) is 9. The van der Waals surface area contributed by atoms with Gasteiger partial charge in [-0.2, -0.15) is 0 Å². The molecule has 0 aliphatic carbocycles. The molecule has 1 heterocycles. The van der Waals surface area contributed by atoms with Crippen molar-refractivity contribution in [2.75, 3.05) is 13.2 Å². The van der Waals surface area contributed by atoms with E-state index in [1.54, 1.807) is 36.4 Å². The van der Waals surface area contributed by atoms with Gasteiger partial charge in [0.05, 0.1) is 18.8 Å². The van der Waals surface area contributed by atoms with E-state index in [0.29, 0.717) is 5.56 Å². The highest BCUT2D eigenvalue weighted by molar-refractivity contribution is 5.89. The van der Waals surface area contributed by atoms with Gasteiger partial charge in [0.2, 0.25) is 0 Å². The normalized spacial score (nSPS) is 26.1. The van der Waals surface area contributed by atoms with Crippen LogP contribution in [0.5, 0.6) is 0 Å².